The van der Waals surface area contributed by atoms with Crippen LogP contribution in [0.2, 0.25) is 5.02 Å². The van der Waals surface area contributed by atoms with Gasteiger partial charge in [0, 0.05) is 21.1 Å². The van der Waals surface area contributed by atoms with E-state index in [2.05, 4.69) is 4.98 Å². The average molecular weight is 477 g/mol. The van der Waals surface area contributed by atoms with Gasteiger partial charge in [-0.3, -0.25) is 24.1 Å². The summed E-state index contributed by atoms with van der Waals surface area (Å²) in [6, 6.07) is 7.60. The van der Waals surface area contributed by atoms with Crippen LogP contribution >= 0.6 is 34.7 Å². The third-order valence-corrected chi connectivity index (χ3v) is 10.2. The third-order valence-electron chi connectivity index (χ3n) is 7.34. The number of benzene rings is 1. The van der Waals surface area contributed by atoms with Crippen LogP contribution in [0.1, 0.15) is 22.8 Å². The third kappa shape index (κ3) is 2.66. The Morgan fingerprint density at radius 1 is 1.13 bits per heavy atom. The molecule has 1 saturated heterocycles. The molecule has 10 heteroatoms. The molecule has 6 rings (SSSR count). The number of carboxylic acid groups (broad SMARTS) is 1. The lowest BCUT2D eigenvalue weighted by molar-refractivity contribution is -0.149. The molecule has 7 atom stereocenters. The number of rotatable bonds is 3. The molecule has 3 fully saturated rings. The lowest BCUT2D eigenvalue weighted by atomic mass is 9.68. The number of carbonyl (C=O) groups is 3. The number of carbonyl (C=O) groups excluding carboxylic acids is 2. The first-order valence-corrected chi connectivity index (χ1v) is 12.1. The number of nitrogens with zero attached hydrogens (tertiary/aromatic N) is 1. The topological polar surface area (TPSA) is 108 Å². The molecule has 2 N–H and O–H groups in total. The monoisotopic (exact) mass is 476 g/mol. The molecule has 4 aliphatic rings. The van der Waals surface area contributed by atoms with Gasteiger partial charge >= 0.3 is 10.8 Å². The van der Waals surface area contributed by atoms with Gasteiger partial charge in [0.05, 0.1) is 16.9 Å². The van der Waals surface area contributed by atoms with E-state index >= 15 is 0 Å². The molecule has 2 aromatic rings. The number of aromatic amines is 1. The molecule has 2 amide bonds. The van der Waals surface area contributed by atoms with E-state index < -0.39 is 24.3 Å². The van der Waals surface area contributed by atoms with Crippen molar-refractivity contribution in [3.8, 4) is 0 Å². The summed E-state index contributed by atoms with van der Waals surface area (Å²) >= 11 is 8.92. The van der Waals surface area contributed by atoms with E-state index in [0.717, 1.165) is 26.8 Å². The van der Waals surface area contributed by atoms with Crippen molar-refractivity contribution in [2.45, 2.75) is 22.6 Å². The van der Waals surface area contributed by atoms with Gasteiger partial charge < -0.3 is 10.1 Å². The molecule has 160 valence electrons. The number of likely N-dealkylation sites (tertiary alicyclic amines) is 1. The molecule has 0 spiro atoms. The number of hydrogen-bond donors (Lipinski definition) is 2. The quantitative estimate of drug-likeness (QED) is 0.659. The smallest absolute Gasteiger partial charge is 0.323 e. The number of amides is 2. The minimum atomic E-state index is -1.18. The summed E-state index contributed by atoms with van der Waals surface area (Å²) in [6.45, 7) is -0.576. The number of thiazole rings is 1. The molecule has 31 heavy (non-hydrogen) atoms. The van der Waals surface area contributed by atoms with E-state index in [9.17, 15) is 19.2 Å². The Balaban J connectivity index is 1.45. The van der Waals surface area contributed by atoms with E-state index in [0.29, 0.717) is 5.02 Å². The van der Waals surface area contributed by atoms with Crippen molar-refractivity contribution in [2.75, 3.05) is 6.54 Å². The van der Waals surface area contributed by atoms with Crippen LogP contribution in [-0.4, -0.2) is 44.6 Å². The van der Waals surface area contributed by atoms with Gasteiger partial charge in [-0.05, 0) is 41.9 Å². The van der Waals surface area contributed by atoms with Gasteiger partial charge in [-0.2, -0.15) is 0 Å². The Morgan fingerprint density at radius 2 is 1.81 bits per heavy atom. The molecule has 2 aliphatic carbocycles. The Hall–Kier alpha value is -2.10. The highest BCUT2D eigenvalue weighted by Crippen LogP contribution is 2.68. The van der Waals surface area contributed by atoms with Crippen LogP contribution in [0, 0.1) is 29.6 Å². The minimum absolute atomic E-state index is 0.00778. The summed E-state index contributed by atoms with van der Waals surface area (Å²) in [6.07, 6.45) is 0.777. The van der Waals surface area contributed by atoms with Crippen LogP contribution in [0.4, 0.5) is 0 Å². The number of thioether (sulfide) groups is 1. The summed E-state index contributed by atoms with van der Waals surface area (Å²) in [4.78, 5) is 54.3. The van der Waals surface area contributed by atoms with Gasteiger partial charge in [-0.15, -0.1) is 11.8 Å². The maximum absolute atomic E-state index is 13.1. The van der Waals surface area contributed by atoms with Crippen molar-refractivity contribution in [2.24, 2.45) is 29.6 Å². The van der Waals surface area contributed by atoms with Crippen molar-refractivity contribution in [1.29, 1.82) is 0 Å². The number of H-pyrrole nitrogens is 1. The van der Waals surface area contributed by atoms with E-state index in [1.165, 1.54) is 11.3 Å². The Kier molecular flexibility index (Phi) is 4.23. The zero-order valence-electron chi connectivity index (χ0n) is 16.0. The van der Waals surface area contributed by atoms with Crippen LogP contribution in [0.15, 0.2) is 34.1 Å². The highest BCUT2D eigenvalue weighted by molar-refractivity contribution is 8.00. The summed E-state index contributed by atoms with van der Waals surface area (Å²) < 4.78 is 0. The number of fused-ring (bicyclic) bond motifs is 9. The summed E-state index contributed by atoms with van der Waals surface area (Å²) in [5.41, 5.74) is 1.04. The molecule has 0 unspecified atom stereocenters. The summed E-state index contributed by atoms with van der Waals surface area (Å²) in [5, 5.41) is 10.7. The number of carboxylic acids is 1. The number of halogens is 1. The van der Waals surface area contributed by atoms with Gasteiger partial charge in [0.15, 0.2) is 0 Å². The Bertz CT molecular complexity index is 1190. The summed E-state index contributed by atoms with van der Waals surface area (Å²) in [7, 11) is 0. The van der Waals surface area contributed by atoms with Crippen LogP contribution < -0.4 is 4.87 Å². The van der Waals surface area contributed by atoms with Crippen LogP contribution in [-0.2, 0) is 14.4 Å². The second-order valence-electron chi connectivity index (χ2n) is 8.67. The number of aliphatic carboxylic acids is 1. The number of hydrogen-bond acceptors (Lipinski definition) is 6. The maximum atomic E-state index is 13.1. The standard InChI is InChI=1S/C21H17ClN2O5S2/c22-8-3-1-7(2-4-8)12-13-9-5-10(16(13)30-18-17(12)31-21(29)23-18)15-14(9)19(27)24(20(15)28)6-11(25)26/h1-4,9-10,12-16H,5-6H2,(H,23,29)(H,25,26)/t9-,10-,12+,13-,14-,15+,16-/m1/s1. The van der Waals surface area contributed by atoms with Gasteiger partial charge in [-0.25, -0.2) is 0 Å². The lowest BCUT2D eigenvalue weighted by Crippen LogP contribution is -2.42. The second kappa shape index (κ2) is 6.70. The van der Waals surface area contributed by atoms with Crippen LogP contribution in [0.25, 0.3) is 0 Å². The number of imide groups is 1. The first kappa shape index (κ1) is 19.6. The molecule has 2 bridgehead atoms. The predicted molar refractivity (Wildman–Crippen MR) is 114 cm³/mol. The van der Waals surface area contributed by atoms with Crippen molar-refractivity contribution >= 4 is 52.5 Å². The Labute approximate surface area is 189 Å². The van der Waals surface area contributed by atoms with E-state index in [1.807, 2.05) is 24.3 Å². The average Bonchev–Trinajstić information content (AvgIpc) is 3.44. The van der Waals surface area contributed by atoms with Gasteiger partial charge in [0.2, 0.25) is 11.8 Å². The van der Waals surface area contributed by atoms with Gasteiger partial charge in [-0.1, -0.05) is 35.1 Å². The molecule has 0 radical (unpaired) electrons. The fourth-order valence-electron chi connectivity index (χ4n) is 6.41. The fourth-order valence-corrected chi connectivity index (χ4v) is 9.43. The highest BCUT2D eigenvalue weighted by Gasteiger charge is 2.69. The van der Waals surface area contributed by atoms with Crippen molar-refractivity contribution in [1.82, 2.24) is 9.88 Å². The zero-order chi connectivity index (χ0) is 21.6. The van der Waals surface area contributed by atoms with E-state index in [4.69, 9.17) is 16.7 Å². The first-order chi connectivity index (χ1) is 14.8. The van der Waals surface area contributed by atoms with Gasteiger partial charge in [0.25, 0.3) is 0 Å². The van der Waals surface area contributed by atoms with Crippen LogP contribution in [0.5, 0.6) is 0 Å². The van der Waals surface area contributed by atoms with Crippen molar-refractivity contribution in [3.05, 3.63) is 49.4 Å². The molecular formula is C21H17ClN2O5S2. The maximum Gasteiger partial charge on any atom is 0.323 e. The van der Waals surface area contributed by atoms with Crippen molar-refractivity contribution < 1.29 is 19.5 Å². The first-order valence-electron chi connectivity index (χ1n) is 10.1. The molecular weight excluding hydrogens is 460 g/mol. The van der Waals surface area contributed by atoms with Gasteiger partial charge in [0.1, 0.15) is 6.54 Å². The minimum Gasteiger partial charge on any atom is -0.480 e. The number of aromatic nitrogens is 1. The normalized spacial score (nSPS) is 35.3. The van der Waals surface area contributed by atoms with Crippen molar-refractivity contribution in [3.63, 3.8) is 0 Å². The highest BCUT2D eigenvalue weighted by atomic mass is 35.5. The zero-order valence-corrected chi connectivity index (χ0v) is 18.4. The fraction of sp³-hybridized carbons (Fsp3) is 0.429. The Morgan fingerprint density at radius 3 is 2.48 bits per heavy atom. The molecule has 3 heterocycles. The SMILES string of the molecule is O=C(O)CN1C(=O)[C@@H]2[C@@H]3C[C@@H]([C@H]4Sc5[nH]c(=O)sc5[C@@H](c5ccc(Cl)cc5)[C@@H]34)[C@@H]2C1=O. The molecule has 1 aromatic heterocycles. The molecule has 7 nitrogen and oxygen atoms in total. The largest absolute Gasteiger partial charge is 0.480 e. The predicted octanol–water partition coefficient (Wildman–Crippen LogP) is 2.65. The molecule has 1 aromatic carbocycles. The molecule has 2 aliphatic heterocycles. The molecule has 2 saturated carbocycles. The van der Waals surface area contributed by atoms with Crippen LogP contribution in [0.3, 0.4) is 0 Å². The second-order valence-corrected chi connectivity index (χ2v) is 11.3. The van der Waals surface area contributed by atoms with E-state index in [-0.39, 0.29) is 45.6 Å². The summed E-state index contributed by atoms with van der Waals surface area (Å²) in [5.74, 6) is -2.80. The lowest BCUT2D eigenvalue weighted by Gasteiger charge is -2.43. The van der Waals surface area contributed by atoms with E-state index in [1.54, 1.807) is 11.8 Å². The number of nitrogens with one attached hydrogen (secondary N) is 1.